The number of piperidine rings is 1. The zero-order chi connectivity index (χ0) is 27.3. The Kier molecular flexibility index (Phi) is 6.70. The number of nitrogens with one attached hydrogen (secondary N) is 2. The summed E-state index contributed by atoms with van der Waals surface area (Å²) in [6.45, 7) is 3.11. The van der Waals surface area contributed by atoms with Crippen molar-refractivity contribution in [2.45, 2.75) is 50.7 Å². The lowest BCUT2D eigenvalue weighted by atomic mass is 9.93. The smallest absolute Gasteiger partial charge is 0.282 e. The molecule has 10 nitrogen and oxygen atoms in total. The van der Waals surface area contributed by atoms with Gasteiger partial charge in [-0.15, -0.1) is 0 Å². The normalized spacial score (nSPS) is 20.6. The number of halogens is 2. The zero-order valence-corrected chi connectivity index (χ0v) is 22.2. The quantitative estimate of drug-likeness (QED) is 0.458. The van der Waals surface area contributed by atoms with E-state index in [-0.39, 0.29) is 11.8 Å². The highest BCUT2D eigenvalue weighted by molar-refractivity contribution is 7.93. The fourth-order valence-electron chi connectivity index (χ4n) is 4.91. The second-order valence-corrected chi connectivity index (χ2v) is 12.8. The van der Waals surface area contributed by atoms with Crippen molar-refractivity contribution in [2.75, 3.05) is 52.6 Å². The van der Waals surface area contributed by atoms with E-state index in [1.54, 1.807) is 25.1 Å². The first-order valence-electron chi connectivity index (χ1n) is 12.7. The van der Waals surface area contributed by atoms with Gasteiger partial charge in [-0.05, 0) is 63.1 Å². The van der Waals surface area contributed by atoms with Gasteiger partial charge >= 0.3 is 0 Å². The number of aliphatic hydroxyl groups excluding tert-OH is 1. The van der Waals surface area contributed by atoms with Crippen molar-refractivity contribution in [2.24, 2.45) is 5.41 Å². The van der Waals surface area contributed by atoms with E-state index >= 15 is 0 Å². The molecule has 1 atom stereocenters. The molecule has 5 rings (SSSR count). The average molecular weight is 551 g/mol. The van der Waals surface area contributed by atoms with Crippen LogP contribution in [0.1, 0.15) is 48.7 Å². The van der Waals surface area contributed by atoms with Gasteiger partial charge in [-0.1, -0.05) is 0 Å². The van der Waals surface area contributed by atoms with E-state index in [0.717, 1.165) is 25.9 Å². The highest BCUT2D eigenvalue weighted by atomic mass is 32.2. The third-order valence-corrected chi connectivity index (χ3v) is 9.35. The number of benzene rings is 1. The molecule has 38 heavy (non-hydrogen) atoms. The minimum atomic E-state index is -3.82. The Morgan fingerprint density at radius 2 is 1.79 bits per heavy atom. The molecule has 206 valence electrons. The van der Waals surface area contributed by atoms with Crippen molar-refractivity contribution in [3.05, 3.63) is 35.5 Å². The molecule has 2 aromatic rings. The Hall–Kier alpha value is -3.06. The fourth-order valence-corrected chi connectivity index (χ4v) is 5.76. The number of alkyl halides is 2. The molecular weight excluding hydrogens is 518 g/mol. The van der Waals surface area contributed by atoms with Crippen LogP contribution in [0.3, 0.4) is 0 Å². The number of nitrogens with zero attached hydrogens (tertiary/aromatic N) is 4. The molecule has 1 aromatic carbocycles. The largest absolute Gasteiger partial charge is 0.395 e. The molecular formula is C25H32F2N6O4S. The zero-order valence-electron chi connectivity index (χ0n) is 21.4. The van der Waals surface area contributed by atoms with Crippen molar-refractivity contribution in [3.8, 4) is 0 Å². The second-order valence-electron chi connectivity index (χ2n) is 10.7. The van der Waals surface area contributed by atoms with E-state index in [9.17, 15) is 27.1 Å². The van der Waals surface area contributed by atoms with Gasteiger partial charge < -0.3 is 20.2 Å². The number of rotatable bonds is 8. The monoisotopic (exact) mass is 550 g/mol. The van der Waals surface area contributed by atoms with E-state index in [2.05, 4.69) is 24.9 Å². The number of carbonyl (C=O) groups excluding carboxylic acids is 1. The number of sulfonamides is 1. The number of amides is 1. The van der Waals surface area contributed by atoms with Crippen LogP contribution < -0.4 is 19.8 Å². The van der Waals surface area contributed by atoms with Crippen molar-refractivity contribution in [3.63, 3.8) is 0 Å². The summed E-state index contributed by atoms with van der Waals surface area (Å²) < 4.78 is 54.3. The van der Waals surface area contributed by atoms with Crippen LogP contribution in [0.2, 0.25) is 0 Å². The molecule has 0 radical (unpaired) electrons. The molecule has 0 unspecified atom stereocenters. The molecule has 1 spiro atoms. The van der Waals surface area contributed by atoms with Crippen LogP contribution in [0.25, 0.3) is 0 Å². The summed E-state index contributed by atoms with van der Waals surface area (Å²) >= 11 is 0. The van der Waals surface area contributed by atoms with Gasteiger partial charge in [0, 0.05) is 24.8 Å². The molecule has 2 saturated heterocycles. The molecule has 3 N–H and O–H groups in total. The lowest BCUT2D eigenvalue weighted by Gasteiger charge is -2.38. The van der Waals surface area contributed by atoms with Crippen LogP contribution in [-0.4, -0.2) is 73.4 Å². The third kappa shape index (κ3) is 5.53. The Balaban J connectivity index is 1.41. The van der Waals surface area contributed by atoms with Crippen LogP contribution in [-0.2, 0) is 10.0 Å². The van der Waals surface area contributed by atoms with E-state index < -0.39 is 46.8 Å². The fraction of sp³-hybridized carbons (Fsp3) is 0.560. The van der Waals surface area contributed by atoms with Crippen LogP contribution in [0, 0.1) is 12.3 Å². The minimum absolute atomic E-state index is 0.125. The Morgan fingerprint density at radius 1 is 1.11 bits per heavy atom. The first-order valence-corrected chi connectivity index (χ1v) is 14.2. The van der Waals surface area contributed by atoms with Crippen LogP contribution in [0.4, 0.5) is 31.9 Å². The molecule has 3 heterocycles. The molecule has 1 aliphatic carbocycles. The number of aliphatic hydroxyl groups is 1. The maximum absolute atomic E-state index is 13.4. The number of hydrogen-bond donors (Lipinski definition) is 3. The topological polar surface area (TPSA) is 128 Å². The summed E-state index contributed by atoms with van der Waals surface area (Å²) in [6.07, 6.45) is 4.43. The Bertz CT molecular complexity index is 1330. The first kappa shape index (κ1) is 26.5. The summed E-state index contributed by atoms with van der Waals surface area (Å²) in [5, 5.41) is 11.1. The number of aryl methyl sites for hydroxylation is 1. The SMILES string of the molecule is Cc1cc(NC(=O)c2ccc(NS(=O)(=O)[C@H](C)CO)cc2N2CCC3(CC2)CC3)nc(N2CC(F)(F)C2)n1. The Morgan fingerprint density at radius 3 is 2.39 bits per heavy atom. The maximum atomic E-state index is 13.4. The molecule has 1 amide bonds. The standard InChI is InChI=1S/C25H32F2N6O4S/c1-16-11-21(30-23(28-16)33-14-25(26,27)15-33)29-22(35)19-4-3-18(31-38(36,37)17(2)13-34)12-20(19)32-9-7-24(5-6-24)8-10-32/h3-4,11-12,17,31,34H,5-10,13-15H2,1-2H3,(H,28,29,30,35)/t17-/m1/s1. The molecule has 13 heteroatoms. The van der Waals surface area contributed by atoms with Gasteiger partial charge in [-0.3, -0.25) is 9.52 Å². The summed E-state index contributed by atoms with van der Waals surface area (Å²) in [4.78, 5) is 25.4. The van der Waals surface area contributed by atoms with Crippen molar-refractivity contribution < 1.29 is 27.1 Å². The van der Waals surface area contributed by atoms with Crippen LogP contribution in [0.5, 0.6) is 0 Å². The van der Waals surface area contributed by atoms with E-state index in [4.69, 9.17) is 0 Å². The van der Waals surface area contributed by atoms with E-state index in [1.165, 1.54) is 30.7 Å². The summed E-state index contributed by atoms with van der Waals surface area (Å²) in [5.74, 6) is -2.92. The molecule has 1 saturated carbocycles. The van der Waals surface area contributed by atoms with E-state index in [0.29, 0.717) is 28.0 Å². The third-order valence-electron chi connectivity index (χ3n) is 7.62. The molecule has 1 aromatic heterocycles. The maximum Gasteiger partial charge on any atom is 0.282 e. The van der Waals surface area contributed by atoms with Gasteiger partial charge in [-0.25, -0.2) is 22.2 Å². The van der Waals surface area contributed by atoms with Gasteiger partial charge in [0.05, 0.1) is 36.6 Å². The molecule has 3 fully saturated rings. The van der Waals surface area contributed by atoms with Gasteiger partial charge in [0.1, 0.15) is 11.1 Å². The number of anilines is 4. The lowest BCUT2D eigenvalue weighted by Crippen LogP contribution is -2.57. The molecule has 2 aliphatic heterocycles. The number of aromatic nitrogens is 2. The van der Waals surface area contributed by atoms with Crippen molar-refractivity contribution in [1.82, 2.24) is 9.97 Å². The van der Waals surface area contributed by atoms with Crippen LogP contribution in [0.15, 0.2) is 24.3 Å². The average Bonchev–Trinajstić information content (AvgIpc) is 3.60. The first-order chi connectivity index (χ1) is 17.9. The van der Waals surface area contributed by atoms with Crippen molar-refractivity contribution >= 4 is 39.1 Å². The molecule has 0 bridgehead atoms. The number of carbonyl (C=O) groups is 1. The lowest BCUT2D eigenvalue weighted by molar-refractivity contribution is -0.0271. The highest BCUT2D eigenvalue weighted by Gasteiger charge is 2.46. The van der Waals surface area contributed by atoms with E-state index in [1.807, 2.05) is 0 Å². The predicted octanol–water partition coefficient (Wildman–Crippen LogP) is 3.00. The summed E-state index contributed by atoms with van der Waals surface area (Å²) in [7, 11) is -3.82. The van der Waals surface area contributed by atoms with Gasteiger partial charge in [-0.2, -0.15) is 4.98 Å². The minimum Gasteiger partial charge on any atom is -0.395 e. The summed E-state index contributed by atoms with van der Waals surface area (Å²) in [6, 6.07) is 6.26. The predicted molar refractivity (Wildman–Crippen MR) is 141 cm³/mol. The highest BCUT2D eigenvalue weighted by Crippen LogP contribution is 2.54. The summed E-state index contributed by atoms with van der Waals surface area (Å²) in [5.41, 5.74) is 2.14. The van der Waals surface area contributed by atoms with Gasteiger partial charge in [0.25, 0.3) is 11.8 Å². The molecule has 3 aliphatic rings. The van der Waals surface area contributed by atoms with Gasteiger partial charge in [0.15, 0.2) is 0 Å². The van der Waals surface area contributed by atoms with Crippen LogP contribution >= 0.6 is 0 Å². The van der Waals surface area contributed by atoms with Gasteiger partial charge in [0.2, 0.25) is 16.0 Å². The number of hydrogen-bond acceptors (Lipinski definition) is 8. The Labute approximate surface area is 220 Å². The van der Waals surface area contributed by atoms with Crippen molar-refractivity contribution in [1.29, 1.82) is 0 Å². The second kappa shape index (κ2) is 9.60.